The van der Waals surface area contributed by atoms with E-state index in [0.717, 1.165) is 16.6 Å². The van der Waals surface area contributed by atoms with Gasteiger partial charge in [-0.05, 0) is 6.07 Å². The normalized spacial score (nSPS) is 18.3. The number of anilines is 1. The minimum atomic E-state index is -4.45. The average molecular weight is 330 g/mol. The van der Waals surface area contributed by atoms with Crippen molar-refractivity contribution in [1.29, 1.82) is 0 Å². The fraction of sp³-hybridized carbons (Fsp3) is 0.500. The Morgan fingerprint density at radius 3 is 2.25 bits per heavy atom. The highest BCUT2D eigenvalue weighted by molar-refractivity contribution is 8.11. The lowest BCUT2D eigenvalue weighted by Crippen LogP contribution is -2.47. The van der Waals surface area contributed by atoms with E-state index in [2.05, 4.69) is 4.98 Å². The molecule has 0 amide bonds. The van der Waals surface area contributed by atoms with Crippen LogP contribution in [0.1, 0.15) is 5.56 Å². The zero-order valence-corrected chi connectivity index (χ0v) is 11.7. The number of nitrogens with zero attached hydrogens (tertiary/aromatic N) is 3. The monoisotopic (exact) mass is 329 g/mol. The van der Waals surface area contributed by atoms with Gasteiger partial charge >= 0.3 is 6.18 Å². The Labute approximate surface area is 118 Å². The molecule has 0 radical (unpaired) electrons. The van der Waals surface area contributed by atoms with Crippen LogP contribution in [0.5, 0.6) is 0 Å². The van der Waals surface area contributed by atoms with Crippen molar-refractivity contribution in [3.05, 3.63) is 24.0 Å². The third-order valence-corrected chi connectivity index (χ3v) is 4.53. The van der Waals surface area contributed by atoms with E-state index in [1.54, 1.807) is 4.90 Å². The van der Waals surface area contributed by atoms with Crippen molar-refractivity contribution in [1.82, 2.24) is 9.29 Å². The second-order valence-electron chi connectivity index (χ2n) is 4.26. The first-order valence-electron chi connectivity index (χ1n) is 5.65. The third-order valence-electron chi connectivity index (χ3n) is 2.96. The molecule has 0 atom stereocenters. The number of rotatable bonds is 2. The second-order valence-corrected chi connectivity index (χ2v) is 6.77. The molecule has 0 aliphatic carbocycles. The Bertz CT molecular complexity index is 586. The van der Waals surface area contributed by atoms with Gasteiger partial charge in [0, 0.05) is 43.1 Å². The Morgan fingerprint density at radius 2 is 1.75 bits per heavy atom. The predicted molar refractivity (Wildman–Crippen MR) is 67.8 cm³/mol. The van der Waals surface area contributed by atoms with Gasteiger partial charge in [0.25, 0.3) is 9.24 Å². The van der Waals surface area contributed by atoms with Crippen LogP contribution in [0.2, 0.25) is 0 Å². The van der Waals surface area contributed by atoms with Crippen LogP contribution in [0, 0.1) is 0 Å². The number of pyridine rings is 1. The summed E-state index contributed by atoms with van der Waals surface area (Å²) in [6, 6.07) is 0.998. The van der Waals surface area contributed by atoms with Crippen LogP contribution in [-0.2, 0) is 15.4 Å². The number of halogens is 4. The first kappa shape index (κ1) is 15.3. The standard InChI is InChI=1S/C10H11ClF3N3O2S/c11-20(18,19)17-3-1-16(2-4-17)9-5-8(6-15-7-9)10(12,13)14/h5-7H,1-4H2. The molecule has 2 heterocycles. The van der Waals surface area contributed by atoms with Crippen molar-refractivity contribution in [3.63, 3.8) is 0 Å². The minimum Gasteiger partial charge on any atom is -0.368 e. The van der Waals surface area contributed by atoms with Crippen molar-refractivity contribution in [2.24, 2.45) is 0 Å². The molecule has 112 valence electrons. The fourth-order valence-electron chi connectivity index (χ4n) is 1.92. The second kappa shape index (κ2) is 5.38. The van der Waals surface area contributed by atoms with Crippen molar-refractivity contribution >= 4 is 25.6 Å². The van der Waals surface area contributed by atoms with Gasteiger partial charge in [0.2, 0.25) is 0 Å². The molecule has 0 saturated carbocycles. The van der Waals surface area contributed by atoms with Crippen LogP contribution in [0.25, 0.3) is 0 Å². The van der Waals surface area contributed by atoms with Gasteiger partial charge in [0.05, 0.1) is 17.4 Å². The lowest BCUT2D eigenvalue weighted by atomic mass is 10.2. The number of alkyl halides is 3. The van der Waals surface area contributed by atoms with Gasteiger partial charge in [-0.3, -0.25) is 4.98 Å². The van der Waals surface area contributed by atoms with Crippen molar-refractivity contribution < 1.29 is 21.6 Å². The number of aromatic nitrogens is 1. The lowest BCUT2D eigenvalue weighted by molar-refractivity contribution is -0.137. The molecule has 1 aromatic rings. The summed E-state index contributed by atoms with van der Waals surface area (Å²) in [6.45, 7) is 0.772. The van der Waals surface area contributed by atoms with Crippen molar-refractivity contribution in [2.45, 2.75) is 6.18 Å². The largest absolute Gasteiger partial charge is 0.417 e. The van der Waals surface area contributed by atoms with Crippen molar-refractivity contribution in [3.8, 4) is 0 Å². The van der Waals surface area contributed by atoms with E-state index in [9.17, 15) is 21.6 Å². The summed E-state index contributed by atoms with van der Waals surface area (Å²) in [5.41, 5.74) is -0.520. The van der Waals surface area contributed by atoms with E-state index in [1.807, 2.05) is 0 Å². The molecule has 0 unspecified atom stereocenters. The number of piperazine rings is 1. The molecule has 0 N–H and O–H groups in total. The lowest BCUT2D eigenvalue weighted by Gasteiger charge is -2.34. The van der Waals surface area contributed by atoms with Gasteiger partial charge in [-0.15, -0.1) is 0 Å². The molecule has 0 bridgehead atoms. The molecule has 20 heavy (non-hydrogen) atoms. The highest BCUT2D eigenvalue weighted by Crippen LogP contribution is 2.31. The summed E-state index contributed by atoms with van der Waals surface area (Å²) < 4.78 is 61.1. The topological polar surface area (TPSA) is 53.5 Å². The molecule has 2 rings (SSSR count). The first-order chi connectivity index (χ1) is 9.18. The van der Waals surface area contributed by atoms with Gasteiger partial charge in [-0.2, -0.15) is 25.9 Å². The molecule has 10 heteroatoms. The predicted octanol–water partition coefficient (Wildman–Crippen LogP) is 1.71. The molecule has 5 nitrogen and oxygen atoms in total. The molecule has 0 aromatic carbocycles. The van der Waals surface area contributed by atoms with Crippen LogP contribution in [0.4, 0.5) is 18.9 Å². The molecule has 1 saturated heterocycles. The van der Waals surface area contributed by atoms with Gasteiger partial charge in [0.1, 0.15) is 0 Å². The molecule has 0 spiro atoms. The molecular formula is C10H11ClF3N3O2S. The van der Waals surface area contributed by atoms with Gasteiger partial charge in [0.15, 0.2) is 0 Å². The molecule has 1 aliphatic rings. The quantitative estimate of drug-likeness (QED) is 0.775. The zero-order valence-electron chi connectivity index (χ0n) is 10.1. The molecule has 1 aliphatic heterocycles. The molecular weight excluding hydrogens is 319 g/mol. The number of hydrogen-bond acceptors (Lipinski definition) is 4. The highest BCUT2D eigenvalue weighted by atomic mass is 35.7. The van der Waals surface area contributed by atoms with E-state index < -0.39 is 21.0 Å². The average Bonchev–Trinajstić information content (AvgIpc) is 2.37. The van der Waals surface area contributed by atoms with Crippen molar-refractivity contribution in [2.75, 3.05) is 31.1 Å². The Kier molecular flexibility index (Phi) is 4.12. The van der Waals surface area contributed by atoms with E-state index in [-0.39, 0.29) is 26.2 Å². The summed E-state index contributed by atoms with van der Waals surface area (Å²) in [7, 11) is 1.43. The van der Waals surface area contributed by atoms with Crippen LogP contribution in [0.3, 0.4) is 0 Å². The third kappa shape index (κ3) is 3.53. The van der Waals surface area contributed by atoms with Crippen LogP contribution < -0.4 is 4.90 Å². The van der Waals surface area contributed by atoms with Crippen LogP contribution in [0.15, 0.2) is 18.5 Å². The SMILES string of the molecule is O=S(=O)(Cl)N1CCN(c2cncc(C(F)(F)F)c2)CC1. The maximum Gasteiger partial charge on any atom is 0.417 e. The first-order valence-corrected chi connectivity index (χ1v) is 7.91. The van der Waals surface area contributed by atoms with Crippen LogP contribution >= 0.6 is 10.7 Å². The summed E-state index contributed by atoms with van der Waals surface area (Å²) >= 11 is 0. The van der Waals surface area contributed by atoms with Gasteiger partial charge in [-0.25, -0.2) is 0 Å². The minimum absolute atomic E-state index is 0.127. The van der Waals surface area contributed by atoms with Gasteiger partial charge < -0.3 is 4.90 Å². The Balaban J connectivity index is 2.12. The summed E-state index contributed by atoms with van der Waals surface area (Å²) in [6.07, 6.45) is -2.38. The Morgan fingerprint density at radius 1 is 1.15 bits per heavy atom. The molecule has 1 fully saturated rings. The maximum atomic E-state index is 12.6. The van der Waals surface area contributed by atoms with E-state index in [1.165, 1.54) is 6.20 Å². The summed E-state index contributed by atoms with van der Waals surface area (Å²) in [5.74, 6) is 0. The van der Waals surface area contributed by atoms with E-state index in [0.29, 0.717) is 5.69 Å². The Hall–Kier alpha value is -1.06. The zero-order chi connectivity index (χ0) is 15.0. The highest BCUT2D eigenvalue weighted by Gasteiger charge is 2.32. The fourth-order valence-corrected chi connectivity index (χ4v) is 2.93. The maximum absolute atomic E-state index is 12.6. The number of hydrogen-bond donors (Lipinski definition) is 0. The summed E-state index contributed by atoms with van der Waals surface area (Å²) in [4.78, 5) is 5.21. The van der Waals surface area contributed by atoms with Gasteiger partial charge in [-0.1, -0.05) is 0 Å². The van der Waals surface area contributed by atoms with E-state index >= 15 is 0 Å². The van der Waals surface area contributed by atoms with E-state index in [4.69, 9.17) is 10.7 Å². The summed E-state index contributed by atoms with van der Waals surface area (Å²) in [5, 5.41) is 0. The smallest absolute Gasteiger partial charge is 0.368 e. The molecule has 1 aromatic heterocycles. The van der Waals surface area contributed by atoms with Crippen LogP contribution in [-0.4, -0.2) is 43.9 Å².